The van der Waals surface area contributed by atoms with E-state index in [1.807, 2.05) is 24.3 Å². The highest BCUT2D eigenvalue weighted by Gasteiger charge is 2.09. The molecule has 3 rings (SSSR count). The maximum Gasteiger partial charge on any atom is 0.261 e. The van der Waals surface area contributed by atoms with Crippen LogP contribution in [-0.2, 0) is 6.54 Å². The lowest BCUT2D eigenvalue weighted by molar-refractivity contribution is 0.0954. The van der Waals surface area contributed by atoms with Crippen LogP contribution in [0.25, 0.3) is 11.0 Å². The number of carbonyl (C=O) groups excluding carboxylic acids is 1. The van der Waals surface area contributed by atoms with Gasteiger partial charge in [0.05, 0.1) is 26.8 Å². The van der Waals surface area contributed by atoms with E-state index in [1.165, 1.54) is 11.3 Å². The van der Waals surface area contributed by atoms with E-state index in [-0.39, 0.29) is 5.91 Å². The zero-order valence-corrected chi connectivity index (χ0v) is 11.4. The Hall–Kier alpha value is -1.85. The van der Waals surface area contributed by atoms with Gasteiger partial charge in [-0.1, -0.05) is 23.7 Å². The number of aromatic nitrogens is 2. The van der Waals surface area contributed by atoms with Crippen LogP contribution in [0, 0.1) is 0 Å². The summed E-state index contributed by atoms with van der Waals surface area (Å²) in [7, 11) is 0. The van der Waals surface area contributed by atoms with E-state index in [0.29, 0.717) is 15.8 Å². The number of benzene rings is 1. The number of nitrogens with zero attached hydrogens (tertiary/aromatic N) is 1. The lowest BCUT2D eigenvalue weighted by Gasteiger charge is -1.99. The van der Waals surface area contributed by atoms with Gasteiger partial charge in [0, 0.05) is 0 Å². The lowest BCUT2D eigenvalue weighted by Crippen LogP contribution is -2.22. The third-order valence-corrected chi connectivity index (χ3v) is 3.88. The monoisotopic (exact) mass is 291 g/mol. The van der Waals surface area contributed by atoms with E-state index in [9.17, 15) is 4.79 Å². The summed E-state index contributed by atoms with van der Waals surface area (Å²) in [6, 6.07) is 11.2. The van der Waals surface area contributed by atoms with Crippen LogP contribution in [0.2, 0.25) is 4.34 Å². The molecule has 0 spiro atoms. The number of thiophene rings is 1. The SMILES string of the molecule is O=C(NCc1nc2ccccc2[nH]1)c1ccc(Cl)s1. The number of nitrogens with one attached hydrogen (secondary N) is 2. The summed E-state index contributed by atoms with van der Waals surface area (Å²) in [5.74, 6) is 0.592. The molecule has 0 atom stereocenters. The number of aromatic amines is 1. The summed E-state index contributed by atoms with van der Waals surface area (Å²) in [5.41, 5.74) is 1.86. The fourth-order valence-electron chi connectivity index (χ4n) is 1.78. The van der Waals surface area contributed by atoms with Gasteiger partial charge in [-0.3, -0.25) is 4.79 Å². The molecular formula is C13H10ClN3OS. The van der Waals surface area contributed by atoms with E-state index in [1.54, 1.807) is 12.1 Å². The highest BCUT2D eigenvalue weighted by molar-refractivity contribution is 7.17. The summed E-state index contributed by atoms with van der Waals surface area (Å²) in [6.45, 7) is 0.364. The Morgan fingerprint density at radius 2 is 2.16 bits per heavy atom. The Labute approximate surface area is 118 Å². The van der Waals surface area contributed by atoms with Crippen molar-refractivity contribution in [1.82, 2.24) is 15.3 Å². The molecule has 0 saturated carbocycles. The van der Waals surface area contributed by atoms with Crippen LogP contribution >= 0.6 is 22.9 Å². The molecule has 0 fully saturated rings. The zero-order chi connectivity index (χ0) is 13.2. The largest absolute Gasteiger partial charge is 0.344 e. The maximum absolute atomic E-state index is 11.8. The number of carbonyl (C=O) groups is 1. The van der Waals surface area contributed by atoms with E-state index in [0.717, 1.165) is 16.9 Å². The first-order valence-corrected chi connectivity index (χ1v) is 6.89. The van der Waals surface area contributed by atoms with Crippen molar-refractivity contribution < 1.29 is 4.79 Å². The molecule has 4 nitrogen and oxygen atoms in total. The van der Waals surface area contributed by atoms with Gasteiger partial charge in [-0.25, -0.2) is 4.98 Å². The average molecular weight is 292 g/mol. The number of imidazole rings is 1. The van der Waals surface area contributed by atoms with Crippen molar-refractivity contribution in [2.75, 3.05) is 0 Å². The number of rotatable bonds is 3. The van der Waals surface area contributed by atoms with E-state index < -0.39 is 0 Å². The van der Waals surface area contributed by atoms with Gasteiger partial charge in [0.25, 0.3) is 5.91 Å². The molecule has 0 bridgehead atoms. The Morgan fingerprint density at radius 3 is 2.89 bits per heavy atom. The van der Waals surface area contributed by atoms with Crippen molar-refractivity contribution in [3.63, 3.8) is 0 Å². The molecule has 1 aromatic carbocycles. The quantitative estimate of drug-likeness (QED) is 0.778. The highest BCUT2D eigenvalue weighted by Crippen LogP contribution is 2.21. The highest BCUT2D eigenvalue weighted by atomic mass is 35.5. The Bertz CT molecular complexity index is 701. The standard InChI is InChI=1S/C13H10ClN3OS/c14-11-6-5-10(19-11)13(18)15-7-12-16-8-3-1-2-4-9(8)17-12/h1-6H,7H2,(H,15,18)(H,16,17). The van der Waals surface area contributed by atoms with E-state index >= 15 is 0 Å². The van der Waals surface area contributed by atoms with Crippen LogP contribution in [0.4, 0.5) is 0 Å². The number of H-pyrrole nitrogens is 1. The van der Waals surface area contributed by atoms with E-state index in [2.05, 4.69) is 15.3 Å². The summed E-state index contributed by atoms with van der Waals surface area (Å²) in [4.78, 5) is 20.0. The molecule has 96 valence electrons. The van der Waals surface area contributed by atoms with Gasteiger partial charge >= 0.3 is 0 Å². The van der Waals surface area contributed by atoms with Gasteiger partial charge in [-0.2, -0.15) is 0 Å². The minimum atomic E-state index is -0.141. The lowest BCUT2D eigenvalue weighted by atomic mass is 10.3. The number of halogens is 1. The predicted octanol–water partition coefficient (Wildman–Crippen LogP) is 3.21. The molecule has 2 aromatic heterocycles. The average Bonchev–Trinajstić information content (AvgIpc) is 3.01. The first kappa shape index (κ1) is 12.2. The van der Waals surface area contributed by atoms with Crippen molar-refractivity contribution in [3.8, 4) is 0 Å². The molecule has 0 aliphatic rings. The topological polar surface area (TPSA) is 57.8 Å². The number of fused-ring (bicyclic) bond motifs is 1. The summed E-state index contributed by atoms with van der Waals surface area (Å²) in [5, 5.41) is 2.81. The number of hydrogen-bond donors (Lipinski definition) is 2. The van der Waals surface area contributed by atoms with Crippen LogP contribution in [0.5, 0.6) is 0 Å². The van der Waals surface area contributed by atoms with Crippen LogP contribution in [-0.4, -0.2) is 15.9 Å². The maximum atomic E-state index is 11.8. The van der Waals surface area contributed by atoms with Gasteiger partial charge in [-0.15, -0.1) is 11.3 Å². The molecule has 0 unspecified atom stereocenters. The normalized spacial score (nSPS) is 10.8. The van der Waals surface area contributed by atoms with Crippen molar-refractivity contribution in [2.24, 2.45) is 0 Å². The van der Waals surface area contributed by atoms with Gasteiger partial charge < -0.3 is 10.3 Å². The fraction of sp³-hybridized carbons (Fsp3) is 0.0769. The van der Waals surface area contributed by atoms with Gasteiger partial charge in [0.1, 0.15) is 5.82 Å². The third-order valence-electron chi connectivity index (χ3n) is 2.65. The first-order chi connectivity index (χ1) is 9.22. The zero-order valence-electron chi connectivity index (χ0n) is 9.81. The third kappa shape index (κ3) is 2.62. The van der Waals surface area contributed by atoms with Crippen LogP contribution < -0.4 is 5.32 Å². The minimum Gasteiger partial charge on any atom is -0.344 e. The summed E-state index contributed by atoms with van der Waals surface area (Å²) < 4.78 is 0.605. The first-order valence-electron chi connectivity index (χ1n) is 5.69. The number of hydrogen-bond acceptors (Lipinski definition) is 3. The summed E-state index contributed by atoms with van der Waals surface area (Å²) >= 11 is 7.05. The molecule has 0 saturated heterocycles. The van der Waals surface area contributed by atoms with Crippen molar-refractivity contribution in [2.45, 2.75) is 6.54 Å². The number of para-hydroxylation sites is 2. The van der Waals surface area contributed by atoms with E-state index in [4.69, 9.17) is 11.6 Å². The predicted molar refractivity (Wildman–Crippen MR) is 76.6 cm³/mol. The molecule has 1 amide bonds. The van der Waals surface area contributed by atoms with Gasteiger partial charge in [0.15, 0.2) is 0 Å². The van der Waals surface area contributed by atoms with Crippen LogP contribution in [0.1, 0.15) is 15.5 Å². The Morgan fingerprint density at radius 1 is 1.32 bits per heavy atom. The molecule has 3 aromatic rings. The summed E-state index contributed by atoms with van der Waals surface area (Å²) in [6.07, 6.45) is 0. The molecule has 0 aliphatic heterocycles. The second-order valence-corrected chi connectivity index (χ2v) is 5.70. The molecule has 2 N–H and O–H groups in total. The Balaban J connectivity index is 1.70. The molecular weight excluding hydrogens is 282 g/mol. The number of amides is 1. The molecule has 0 aliphatic carbocycles. The van der Waals surface area contributed by atoms with Gasteiger partial charge in [-0.05, 0) is 24.3 Å². The molecule has 6 heteroatoms. The van der Waals surface area contributed by atoms with Crippen molar-refractivity contribution >= 4 is 39.9 Å². The Kier molecular flexibility index (Phi) is 3.23. The minimum absolute atomic E-state index is 0.141. The molecule has 0 radical (unpaired) electrons. The molecule has 19 heavy (non-hydrogen) atoms. The van der Waals surface area contributed by atoms with Crippen molar-refractivity contribution in [3.05, 3.63) is 51.4 Å². The fourth-order valence-corrected chi connectivity index (χ4v) is 2.74. The van der Waals surface area contributed by atoms with Gasteiger partial charge in [0.2, 0.25) is 0 Å². The second-order valence-electron chi connectivity index (χ2n) is 3.99. The van der Waals surface area contributed by atoms with Crippen molar-refractivity contribution in [1.29, 1.82) is 0 Å². The van der Waals surface area contributed by atoms with Crippen LogP contribution in [0.3, 0.4) is 0 Å². The van der Waals surface area contributed by atoms with Crippen LogP contribution in [0.15, 0.2) is 36.4 Å². The second kappa shape index (κ2) is 5.03. The smallest absolute Gasteiger partial charge is 0.261 e. The molecule has 2 heterocycles.